The van der Waals surface area contributed by atoms with E-state index in [0.717, 1.165) is 0 Å². The number of rotatable bonds is 5. The number of carboxylic acids is 1. The number of nitrogens with one attached hydrogen (secondary N) is 1. The molecule has 0 amide bonds. The fourth-order valence-corrected chi connectivity index (χ4v) is 1.42. The minimum Gasteiger partial charge on any atom is -0.480 e. The minimum atomic E-state index is -4.87. The summed E-state index contributed by atoms with van der Waals surface area (Å²) in [6.45, 7) is 0.487. The number of hydrogen-bond donors (Lipinski definition) is 2. The lowest BCUT2D eigenvalue weighted by molar-refractivity contribution is -0.206. The number of carbonyl (C=O) groups is 1. The number of halogens is 3. The Labute approximate surface area is 96.4 Å². The highest BCUT2D eigenvalue weighted by atomic mass is 19.4. The van der Waals surface area contributed by atoms with Crippen molar-refractivity contribution in [2.45, 2.75) is 37.9 Å². The molecule has 7 heteroatoms. The third-order valence-electron chi connectivity index (χ3n) is 3.22. The second-order valence-corrected chi connectivity index (χ2v) is 4.62. The third-order valence-corrected chi connectivity index (χ3v) is 3.22. The number of nitrogens with zero attached hydrogens (tertiary/aromatic N) is 1. The van der Waals surface area contributed by atoms with Crippen LogP contribution in [0, 0.1) is 16.7 Å². The van der Waals surface area contributed by atoms with Gasteiger partial charge in [0.2, 0.25) is 5.54 Å². The van der Waals surface area contributed by atoms with Crippen LogP contribution in [0.5, 0.6) is 0 Å². The Morgan fingerprint density at radius 1 is 1.53 bits per heavy atom. The molecule has 1 rings (SSSR count). The van der Waals surface area contributed by atoms with Crippen LogP contribution >= 0.6 is 0 Å². The molecular weight excluding hydrogens is 237 g/mol. The van der Waals surface area contributed by atoms with E-state index >= 15 is 0 Å². The average molecular weight is 250 g/mol. The second-order valence-electron chi connectivity index (χ2n) is 4.62. The number of carboxylic acid groups (broad SMARTS) is 1. The van der Waals surface area contributed by atoms with Gasteiger partial charge in [0, 0.05) is 13.0 Å². The van der Waals surface area contributed by atoms with E-state index in [-0.39, 0.29) is 13.0 Å². The van der Waals surface area contributed by atoms with Gasteiger partial charge in [-0.25, -0.2) is 4.79 Å². The first-order chi connectivity index (χ1) is 7.67. The van der Waals surface area contributed by atoms with Crippen molar-refractivity contribution in [3.63, 3.8) is 0 Å². The van der Waals surface area contributed by atoms with Gasteiger partial charge in [-0.15, -0.1) is 0 Å². The summed E-state index contributed by atoms with van der Waals surface area (Å²) in [4.78, 5) is 10.7. The van der Waals surface area contributed by atoms with E-state index in [1.165, 1.54) is 0 Å². The van der Waals surface area contributed by atoms with Crippen LogP contribution in [-0.4, -0.2) is 29.3 Å². The van der Waals surface area contributed by atoms with Gasteiger partial charge < -0.3 is 5.11 Å². The van der Waals surface area contributed by atoms with Crippen molar-refractivity contribution in [1.82, 2.24) is 5.32 Å². The number of alkyl halides is 3. The first kappa shape index (κ1) is 13.8. The molecule has 1 aliphatic carbocycles. The van der Waals surface area contributed by atoms with Crippen LogP contribution in [0.25, 0.3) is 0 Å². The largest absolute Gasteiger partial charge is 0.480 e. The van der Waals surface area contributed by atoms with E-state index in [9.17, 15) is 18.0 Å². The standard InChI is InChI=1S/C10H13F3N2O2/c1-8(7(16)17,10(11,12)13)15-6-9(2-3-9)4-5-14/h15H,2-4,6H2,1H3,(H,16,17). The van der Waals surface area contributed by atoms with Crippen molar-refractivity contribution in [3.05, 3.63) is 0 Å². The van der Waals surface area contributed by atoms with Crippen molar-refractivity contribution in [2.75, 3.05) is 6.54 Å². The van der Waals surface area contributed by atoms with Gasteiger partial charge in [-0.3, -0.25) is 5.32 Å². The van der Waals surface area contributed by atoms with E-state index < -0.39 is 23.1 Å². The molecule has 0 saturated heterocycles. The second kappa shape index (κ2) is 4.18. The van der Waals surface area contributed by atoms with E-state index in [1.54, 1.807) is 0 Å². The maximum Gasteiger partial charge on any atom is 0.417 e. The summed E-state index contributed by atoms with van der Waals surface area (Å²) in [6, 6.07) is 1.91. The molecule has 96 valence electrons. The van der Waals surface area contributed by atoms with Crippen molar-refractivity contribution in [2.24, 2.45) is 5.41 Å². The van der Waals surface area contributed by atoms with Gasteiger partial charge in [0.1, 0.15) is 0 Å². The Morgan fingerprint density at radius 2 is 2.06 bits per heavy atom. The lowest BCUT2D eigenvalue weighted by atomic mass is 9.98. The molecule has 1 aliphatic rings. The molecule has 0 radical (unpaired) electrons. The first-order valence-corrected chi connectivity index (χ1v) is 5.09. The highest BCUT2D eigenvalue weighted by Crippen LogP contribution is 2.48. The molecule has 0 heterocycles. The Kier molecular flexibility index (Phi) is 3.39. The van der Waals surface area contributed by atoms with Gasteiger partial charge in [0.05, 0.1) is 6.07 Å². The summed E-state index contributed by atoms with van der Waals surface area (Å²) in [6.07, 6.45) is -3.42. The maximum absolute atomic E-state index is 12.6. The van der Waals surface area contributed by atoms with Crippen molar-refractivity contribution < 1.29 is 23.1 Å². The highest BCUT2D eigenvalue weighted by molar-refractivity contribution is 5.79. The monoisotopic (exact) mass is 250 g/mol. The van der Waals surface area contributed by atoms with E-state index in [4.69, 9.17) is 10.4 Å². The number of nitriles is 1. The van der Waals surface area contributed by atoms with Crippen LogP contribution in [0.15, 0.2) is 0 Å². The molecule has 0 bridgehead atoms. The molecule has 1 atom stereocenters. The predicted molar refractivity (Wildman–Crippen MR) is 52.0 cm³/mol. The summed E-state index contributed by atoms with van der Waals surface area (Å²) in [5.41, 5.74) is -3.44. The minimum absolute atomic E-state index is 0.108. The molecule has 0 aromatic carbocycles. The summed E-state index contributed by atoms with van der Waals surface area (Å²) in [5.74, 6) is -1.96. The molecule has 1 saturated carbocycles. The fraction of sp³-hybridized carbons (Fsp3) is 0.800. The summed E-state index contributed by atoms with van der Waals surface area (Å²) in [5, 5.41) is 19.2. The Hall–Kier alpha value is -1.29. The van der Waals surface area contributed by atoms with Crippen LogP contribution < -0.4 is 5.32 Å². The Balaban J connectivity index is 2.71. The van der Waals surface area contributed by atoms with Gasteiger partial charge >= 0.3 is 12.1 Å². The molecular formula is C10H13F3N2O2. The number of hydrogen-bond acceptors (Lipinski definition) is 3. The van der Waals surface area contributed by atoms with Crippen molar-refractivity contribution in [1.29, 1.82) is 5.26 Å². The molecule has 4 nitrogen and oxygen atoms in total. The van der Waals surface area contributed by atoms with Gasteiger partial charge in [-0.05, 0) is 25.2 Å². The molecule has 0 aromatic rings. The van der Waals surface area contributed by atoms with Gasteiger partial charge in [0.15, 0.2) is 0 Å². The summed E-state index contributed by atoms with van der Waals surface area (Å²) < 4.78 is 37.9. The topological polar surface area (TPSA) is 73.1 Å². The molecule has 0 aromatic heterocycles. The normalized spacial score (nSPS) is 21.4. The smallest absolute Gasteiger partial charge is 0.417 e. The predicted octanol–water partition coefficient (Wildman–Crippen LogP) is 1.68. The van der Waals surface area contributed by atoms with E-state index in [2.05, 4.69) is 0 Å². The van der Waals surface area contributed by atoms with Crippen LogP contribution in [0.4, 0.5) is 13.2 Å². The fourth-order valence-electron chi connectivity index (χ4n) is 1.42. The maximum atomic E-state index is 12.6. The zero-order chi connectivity index (χ0) is 13.3. The molecule has 17 heavy (non-hydrogen) atoms. The van der Waals surface area contributed by atoms with E-state index in [1.807, 2.05) is 11.4 Å². The van der Waals surface area contributed by atoms with Crippen LogP contribution in [0.1, 0.15) is 26.2 Å². The van der Waals surface area contributed by atoms with Crippen molar-refractivity contribution in [3.8, 4) is 6.07 Å². The lowest BCUT2D eigenvalue weighted by Crippen LogP contribution is -2.61. The Bertz CT molecular complexity index is 358. The van der Waals surface area contributed by atoms with Crippen molar-refractivity contribution >= 4 is 5.97 Å². The lowest BCUT2D eigenvalue weighted by Gasteiger charge is -2.30. The zero-order valence-corrected chi connectivity index (χ0v) is 9.26. The van der Waals surface area contributed by atoms with E-state index in [0.29, 0.717) is 19.8 Å². The average Bonchev–Trinajstić information content (AvgIpc) is 2.93. The molecule has 1 fully saturated rings. The molecule has 2 N–H and O–H groups in total. The SMILES string of the molecule is CC(NCC1(CC#N)CC1)(C(=O)O)C(F)(F)F. The summed E-state index contributed by atoms with van der Waals surface area (Å²) >= 11 is 0. The third kappa shape index (κ3) is 2.69. The van der Waals surface area contributed by atoms with Crippen LogP contribution in [0.2, 0.25) is 0 Å². The number of aliphatic carboxylic acids is 1. The molecule has 0 spiro atoms. The molecule has 0 aliphatic heterocycles. The first-order valence-electron chi connectivity index (χ1n) is 5.09. The van der Waals surface area contributed by atoms with Gasteiger partial charge in [-0.2, -0.15) is 18.4 Å². The van der Waals surface area contributed by atoms with Gasteiger partial charge in [-0.1, -0.05) is 0 Å². The van der Waals surface area contributed by atoms with Crippen LogP contribution in [0.3, 0.4) is 0 Å². The molecule has 1 unspecified atom stereocenters. The Morgan fingerprint density at radius 3 is 2.35 bits per heavy atom. The highest BCUT2D eigenvalue weighted by Gasteiger charge is 2.58. The zero-order valence-electron chi connectivity index (χ0n) is 9.26. The quantitative estimate of drug-likeness (QED) is 0.778. The summed E-state index contributed by atoms with van der Waals surface area (Å²) in [7, 11) is 0. The van der Waals surface area contributed by atoms with Gasteiger partial charge in [0.25, 0.3) is 0 Å². The van der Waals surface area contributed by atoms with Crippen LogP contribution in [-0.2, 0) is 4.79 Å².